The normalized spacial score (nSPS) is 11.5. The molecule has 0 N–H and O–H groups in total. The molecule has 0 aliphatic heterocycles. The lowest BCUT2D eigenvalue weighted by atomic mass is 10.3. The molecular weight excluding hydrogens is 358 g/mol. The molecule has 8 nitrogen and oxygen atoms in total. The van der Waals surface area contributed by atoms with E-state index in [1.807, 2.05) is 0 Å². The fraction of sp³-hybridized carbons (Fsp3) is 0.0714. The molecule has 0 unspecified atom stereocenters. The average molecular weight is 368 g/mol. The first-order chi connectivity index (χ1) is 12.0. The number of tetrazole rings is 1. The molecule has 2 aromatic carbocycles. The predicted octanol–water partition coefficient (Wildman–Crippen LogP) is 2.03. The Morgan fingerprint density at radius 2 is 1.76 bits per heavy atom. The van der Waals surface area contributed by atoms with E-state index in [1.54, 1.807) is 0 Å². The zero-order chi connectivity index (χ0) is 17.9. The molecule has 1 aromatic heterocycles. The Balaban J connectivity index is 1.85. The van der Waals surface area contributed by atoms with E-state index >= 15 is 0 Å². The zero-order valence-electron chi connectivity index (χ0n) is 12.4. The van der Waals surface area contributed by atoms with Gasteiger partial charge in [0.05, 0.1) is 5.69 Å². The second-order valence-electron chi connectivity index (χ2n) is 4.61. The summed E-state index contributed by atoms with van der Waals surface area (Å²) in [6.07, 6.45) is 1.37. The van der Waals surface area contributed by atoms with Gasteiger partial charge in [0, 0.05) is 0 Å². The van der Waals surface area contributed by atoms with Gasteiger partial charge in [0.2, 0.25) is 0 Å². The molecule has 130 valence electrons. The van der Waals surface area contributed by atoms with Crippen LogP contribution in [0.5, 0.6) is 11.5 Å². The monoisotopic (exact) mass is 368 g/mol. The number of hydrogen-bond acceptors (Lipinski definition) is 7. The Morgan fingerprint density at radius 3 is 2.40 bits per heavy atom. The first kappa shape index (κ1) is 16.8. The number of nitrogens with zero attached hydrogens (tertiary/aromatic N) is 4. The van der Waals surface area contributed by atoms with E-state index in [0.29, 0.717) is 5.69 Å². The summed E-state index contributed by atoms with van der Waals surface area (Å²) in [5.74, 6) is -0.508. The van der Waals surface area contributed by atoms with Crippen molar-refractivity contribution in [3.05, 3.63) is 54.9 Å². The van der Waals surface area contributed by atoms with Crippen molar-refractivity contribution in [3.63, 3.8) is 0 Å². The molecule has 0 atom stereocenters. The Kier molecular flexibility index (Phi) is 4.57. The minimum absolute atomic E-state index is 0.0105. The number of halogens is 2. The van der Waals surface area contributed by atoms with Gasteiger partial charge in [-0.1, -0.05) is 12.1 Å². The van der Waals surface area contributed by atoms with E-state index in [-0.39, 0.29) is 5.75 Å². The smallest absolute Gasteiger partial charge is 0.387 e. The van der Waals surface area contributed by atoms with Crippen LogP contribution in [0.25, 0.3) is 5.69 Å². The summed E-state index contributed by atoms with van der Waals surface area (Å²) in [6, 6.07) is 10.8. The lowest BCUT2D eigenvalue weighted by Gasteiger charge is -2.12. The number of aromatic nitrogens is 4. The number of para-hydroxylation sites is 1. The number of rotatable bonds is 6. The van der Waals surface area contributed by atoms with Gasteiger partial charge in [-0.2, -0.15) is 17.2 Å². The van der Waals surface area contributed by atoms with Crippen molar-refractivity contribution in [3.8, 4) is 17.2 Å². The number of hydrogen-bond donors (Lipinski definition) is 0. The van der Waals surface area contributed by atoms with Crippen molar-refractivity contribution in [2.75, 3.05) is 0 Å². The lowest BCUT2D eigenvalue weighted by molar-refractivity contribution is -0.0517. The van der Waals surface area contributed by atoms with Crippen molar-refractivity contribution in [1.29, 1.82) is 0 Å². The van der Waals surface area contributed by atoms with Crippen LogP contribution in [0.4, 0.5) is 8.78 Å². The van der Waals surface area contributed by atoms with Crippen LogP contribution in [0.15, 0.2) is 59.8 Å². The molecule has 0 radical (unpaired) electrons. The summed E-state index contributed by atoms with van der Waals surface area (Å²) in [6.45, 7) is -3.16. The van der Waals surface area contributed by atoms with E-state index in [0.717, 1.165) is 12.1 Å². The highest BCUT2D eigenvalue weighted by atomic mass is 32.2. The molecule has 0 saturated heterocycles. The molecule has 0 fully saturated rings. The fourth-order valence-corrected chi connectivity index (χ4v) is 3.02. The third kappa shape index (κ3) is 3.88. The zero-order valence-corrected chi connectivity index (χ0v) is 13.2. The van der Waals surface area contributed by atoms with Crippen LogP contribution in [0, 0.1) is 0 Å². The molecule has 3 aromatic rings. The highest BCUT2D eigenvalue weighted by Crippen LogP contribution is 2.28. The molecular formula is C14H10F2N4O4S. The summed E-state index contributed by atoms with van der Waals surface area (Å²) in [4.78, 5) is -0.500. The predicted molar refractivity (Wildman–Crippen MR) is 80.0 cm³/mol. The second kappa shape index (κ2) is 6.81. The van der Waals surface area contributed by atoms with Gasteiger partial charge in [-0.25, -0.2) is 4.68 Å². The molecule has 0 aliphatic carbocycles. The average Bonchev–Trinajstić information content (AvgIpc) is 3.09. The van der Waals surface area contributed by atoms with E-state index in [9.17, 15) is 17.2 Å². The van der Waals surface area contributed by atoms with Gasteiger partial charge in [0.1, 0.15) is 22.7 Å². The number of ether oxygens (including phenoxy) is 1. The Hall–Kier alpha value is -3.08. The summed E-state index contributed by atoms with van der Waals surface area (Å²) >= 11 is 0. The van der Waals surface area contributed by atoms with Gasteiger partial charge in [-0.05, 0) is 46.8 Å². The van der Waals surface area contributed by atoms with Gasteiger partial charge >= 0.3 is 16.7 Å². The molecule has 1 heterocycles. The van der Waals surface area contributed by atoms with E-state index in [2.05, 4.69) is 20.3 Å². The highest BCUT2D eigenvalue weighted by molar-refractivity contribution is 7.87. The third-order valence-electron chi connectivity index (χ3n) is 2.99. The maximum Gasteiger partial charge on any atom is 0.387 e. The summed E-state index contributed by atoms with van der Waals surface area (Å²) in [7, 11) is -4.36. The molecule has 0 aliphatic rings. The molecule has 0 saturated carbocycles. The van der Waals surface area contributed by atoms with E-state index in [4.69, 9.17) is 4.18 Å². The standard InChI is InChI=1S/C14H10F2N4O4S/c15-14(16)23-12-3-1-2-4-13(12)25(21,22)24-11-7-5-10(6-8-11)20-9-17-18-19-20/h1-9,14H. The molecule has 3 rings (SSSR count). The fourth-order valence-electron chi connectivity index (χ4n) is 1.96. The SMILES string of the molecule is O=S(=O)(Oc1ccc(-n2cnnn2)cc1)c1ccccc1OC(F)F. The Morgan fingerprint density at radius 1 is 1.04 bits per heavy atom. The minimum Gasteiger partial charge on any atom is -0.433 e. The molecule has 0 amide bonds. The maximum atomic E-state index is 12.4. The summed E-state index contributed by atoms with van der Waals surface area (Å²) in [5, 5.41) is 10.7. The Bertz CT molecular complexity index is 947. The number of benzene rings is 2. The van der Waals surface area contributed by atoms with Crippen molar-refractivity contribution >= 4 is 10.1 Å². The molecule has 25 heavy (non-hydrogen) atoms. The van der Waals surface area contributed by atoms with Crippen LogP contribution in [0.3, 0.4) is 0 Å². The lowest BCUT2D eigenvalue weighted by Crippen LogP contribution is -2.13. The van der Waals surface area contributed by atoms with Crippen molar-refractivity contribution in [1.82, 2.24) is 20.2 Å². The van der Waals surface area contributed by atoms with Crippen LogP contribution >= 0.6 is 0 Å². The van der Waals surface area contributed by atoms with Crippen LogP contribution in [0.1, 0.15) is 0 Å². The van der Waals surface area contributed by atoms with Crippen molar-refractivity contribution < 1.29 is 26.1 Å². The van der Waals surface area contributed by atoms with Crippen LogP contribution < -0.4 is 8.92 Å². The highest BCUT2D eigenvalue weighted by Gasteiger charge is 2.23. The summed E-state index contributed by atoms with van der Waals surface area (Å²) < 4.78 is 60.1. The molecule has 11 heteroatoms. The van der Waals surface area contributed by atoms with Gasteiger partial charge in [0.25, 0.3) is 0 Å². The molecule has 0 bridgehead atoms. The van der Waals surface area contributed by atoms with Gasteiger partial charge in [-0.3, -0.25) is 0 Å². The third-order valence-corrected chi connectivity index (χ3v) is 4.28. The largest absolute Gasteiger partial charge is 0.433 e. The second-order valence-corrected chi connectivity index (χ2v) is 6.13. The molecule has 0 spiro atoms. The van der Waals surface area contributed by atoms with Crippen LogP contribution in [0.2, 0.25) is 0 Å². The van der Waals surface area contributed by atoms with Gasteiger partial charge < -0.3 is 8.92 Å². The Labute approximate surface area is 140 Å². The van der Waals surface area contributed by atoms with E-state index in [1.165, 1.54) is 47.4 Å². The minimum atomic E-state index is -4.36. The van der Waals surface area contributed by atoms with Crippen LogP contribution in [-0.2, 0) is 10.1 Å². The summed E-state index contributed by atoms with van der Waals surface area (Å²) in [5.41, 5.74) is 0.580. The van der Waals surface area contributed by atoms with E-state index < -0.39 is 27.4 Å². The first-order valence-electron chi connectivity index (χ1n) is 6.77. The van der Waals surface area contributed by atoms with Crippen molar-refractivity contribution in [2.45, 2.75) is 11.5 Å². The first-order valence-corrected chi connectivity index (χ1v) is 8.18. The van der Waals surface area contributed by atoms with Crippen molar-refractivity contribution in [2.24, 2.45) is 0 Å². The quantitative estimate of drug-likeness (QED) is 0.614. The number of alkyl halides is 2. The maximum absolute atomic E-state index is 12.4. The van der Waals surface area contributed by atoms with Crippen LogP contribution in [-0.4, -0.2) is 35.2 Å². The topological polar surface area (TPSA) is 96.2 Å². The van der Waals surface area contributed by atoms with Gasteiger partial charge in [-0.15, -0.1) is 5.10 Å². The van der Waals surface area contributed by atoms with Gasteiger partial charge in [0.15, 0.2) is 0 Å².